The number of likely N-dealkylation sites (tertiary alicyclic amines) is 2. The number of hydrogen-bond acceptors (Lipinski definition) is 3. The molecule has 1 atom stereocenters. The summed E-state index contributed by atoms with van der Waals surface area (Å²) in [5.41, 5.74) is 2.30. The minimum atomic E-state index is -0.422. The van der Waals surface area contributed by atoms with Gasteiger partial charge in [0.2, 0.25) is 0 Å². The number of benzene rings is 1. The number of aromatic nitrogens is 1. The lowest BCUT2D eigenvalue weighted by Gasteiger charge is -2.34. The Morgan fingerprint density at radius 3 is 2.66 bits per heavy atom. The monoisotopic (exact) mass is 397 g/mol. The van der Waals surface area contributed by atoms with Crippen molar-refractivity contribution in [3.05, 3.63) is 36.0 Å². The van der Waals surface area contributed by atoms with Crippen LogP contribution < -0.4 is 0 Å². The number of para-hydroxylation sites is 1. The average molecular weight is 398 g/mol. The van der Waals surface area contributed by atoms with Crippen LogP contribution in [-0.2, 0) is 4.74 Å². The molecule has 2 aliphatic rings. The predicted octanol–water partition coefficient (Wildman–Crippen LogP) is 5.14. The molecule has 3 heterocycles. The van der Waals surface area contributed by atoms with Gasteiger partial charge in [0.05, 0.1) is 0 Å². The van der Waals surface area contributed by atoms with Crippen LogP contribution in [0.3, 0.4) is 0 Å². The number of carbonyl (C=O) groups excluding carboxylic acids is 1. The molecule has 1 aromatic carbocycles. The van der Waals surface area contributed by atoms with Gasteiger partial charge in [0.15, 0.2) is 0 Å². The third kappa shape index (κ3) is 4.77. The van der Waals surface area contributed by atoms with Gasteiger partial charge in [-0.3, -0.25) is 0 Å². The van der Waals surface area contributed by atoms with E-state index in [9.17, 15) is 4.79 Å². The highest BCUT2D eigenvalue weighted by molar-refractivity contribution is 5.83. The minimum absolute atomic E-state index is 0.141. The van der Waals surface area contributed by atoms with Crippen LogP contribution in [-0.4, -0.2) is 58.7 Å². The molecule has 1 N–H and O–H groups in total. The standard InChI is InChI=1S/C24H35N3O2/c1-24(2,3)29-23(28)27-13-6-7-19(27)12-16-26-14-10-18(11-15-26)21-17-25-22-9-5-4-8-20(21)22/h4-5,8-9,17-19,25H,6-7,10-16H2,1-3H3. The van der Waals surface area contributed by atoms with Crippen LogP contribution in [0, 0.1) is 0 Å². The van der Waals surface area contributed by atoms with Crippen molar-refractivity contribution in [2.75, 3.05) is 26.2 Å². The molecule has 29 heavy (non-hydrogen) atoms. The summed E-state index contributed by atoms with van der Waals surface area (Å²) in [6, 6.07) is 8.95. The molecule has 2 saturated heterocycles. The Hall–Kier alpha value is -2.01. The molecule has 5 heteroatoms. The molecule has 1 amide bonds. The largest absolute Gasteiger partial charge is 0.444 e. The Labute approximate surface area is 174 Å². The van der Waals surface area contributed by atoms with Crippen molar-refractivity contribution in [3.63, 3.8) is 0 Å². The second-order valence-corrected chi connectivity index (χ2v) is 9.66. The van der Waals surface area contributed by atoms with Crippen LogP contribution in [0.1, 0.15) is 64.4 Å². The lowest BCUT2D eigenvalue weighted by Crippen LogP contribution is -2.42. The maximum Gasteiger partial charge on any atom is 0.410 e. The van der Waals surface area contributed by atoms with E-state index in [2.05, 4.69) is 40.3 Å². The van der Waals surface area contributed by atoms with Crippen LogP contribution >= 0.6 is 0 Å². The number of fused-ring (bicyclic) bond motifs is 1. The Morgan fingerprint density at radius 1 is 1.14 bits per heavy atom. The molecule has 1 unspecified atom stereocenters. The number of carbonyl (C=O) groups is 1. The third-order valence-electron chi connectivity index (χ3n) is 6.43. The molecular weight excluding hydrogens is 362 g/mol. The van der Waals surface area contributed by atoms with Crippen molar-refractivity contribution in [1.29, 1.82) is 0 Å². The summed E-state index contributed by atoms with van der Waals surface area (Å²) in [4.78, 5) is 20.5. The van der Waals surface area contributed by atoms with E-state index in [1.54, 1.807) is 0 Å². The molecule has 5 nitrogen and oxygen atoms in total. The highest BCUT2D eigenvalue weighted by Crippen LogP contribution is 2.33. The summed E-state index contributed by atoms with van der Waals surface area (Å²) in [5.74, 6) is 0.646. The first-order valence-corrected chi connectivity index (χ1v) is 11.2. The van der Waals surface area contributed by atoms with E-state index in [1.165, 1.54) is 29.3 Å². The second-order valence-electron chi connectivity index (χ2n) is 9.66. The van der Waals surface area contributed by atoms with Crippen LogP contribution in [0.15, 0.2) is 30.5 Å². The van der Waals surface area contributed by atoms with Crippen LogP contribution in [0.5, 0.6) is 0 Å². The zero-order valence-corrected chi connectivity index (χ0v) is 18.1. The summed E-state index contributed by atoms with van der Waals surface area (Å²) < 4.78 is 5.60. The van der Waals surface area contributed by atoms with Crippen molar-refractivity contribution in [2.24, 2.45) is 0 Å². The van der Waals surface area contributed by atoms with Crippen LogP contribution in [0.4, 0.5) is 4.79 Å². The molecule has 0 radical (unpaired) electrons. The maximum atomic E-state index is 12.5. The molecule has 2 aliphatic heterocycles. The van der Waals surface area contributed by atoms with Crippen LogP contribution in [0.25, 0.3) is 10.9 Å². The Kier molecular flexibility index (Phi) is 5.86. The highest BCUT2D eigenvalue weighted by Gasteiger charge is 2.32. The molecule has 2 fully saturated rings. The van der Waals surface area contributed by atoms with E-state index >= 15 is 0 Å². The molecule has 158 valence electrons. The summed E-state index contributed by atoms with van der Waals surface area (Å²) in [7, 11) is 0. The SMILES string of the molecule is CC(C)(C)OC(=O)N1CCCC1CCN1CCC(c2c[nH]c3ccccc23)CC1. The number of piperidine rings is 1. The lowest BCUT2D eigenvalue weighted by molar-refractivity contribution is 0.0211. The van der Waals surface area contributed by atoms with Gasteiger partial charge in [-0.25, -0.2) is 4.79 Å². The van der Waals surface area contributed by atoms with Gasteiger partial charge in [0, 0.05) is 36.2 Å². The van der Waals surface area contributed by atoms with Gasteiger partial charge in [-0.05, 0) is 83.5 Å². The van der Waals surface area contributed by atoms with E-state index in [0.717, 1.165) is 45.4 Å². The first-order valence-electron chi connectivity index (χ1n) is 11.2. The summed E-state index contributed by atoms with van der Waals surface area (Å²) in [5, 5.41) is 1.38. The second kappa shape index (κ2) is 8.39. The van der Waals surface area contributed by atoms with Crippen molar-refractivity contribution < 1.29 is 9.53 Å². The van der Waals surface area contributed by atoms with Crippen molar-refractivity contribution in [2.45, 2.75) is 70.4 Å². The van der Waals surface area contributed by atoms with Gasteiger partial charge in [0.1, 0.15) is 5.60 Å². The van der Waals surface area contributed by atoms with Gasteiger partial charge >= 0.3 is 6.09 Å². The van der Waals surface area contributed by atoms with Gasteiger partial charge in [-0.1, -0.05) is 18.2 Å². The number of hydrogen-bond donors (Lipinski definition) is 1. The van der Waals surface area contributed by atoms with E-state index in [0.29, 0.717) is 12.0 Å². The number of amides is 1. The van der Waals surface area contributed by atoms with Gasteiger partial charge < -0.3 is 19.5 Å². The first kappa shape index (κ1) is 20.3. The fourth-order valence-corrected chi connectivity index (χ4v) is 4.93. The Bertz CT molecular complexity index is 830. The summed E-state index contributed by atoms with van der Waals surface area (Å²) in [6.45, 7) is 10.0. The van der Waals surface area contributed by atoms with E-state index in [1.807, 2.05) is 25.7 Å². The molecule has 0 saturated carbocycles. The number of aromatic amines is 1. The Balaban J connectivity index is 1.27. The van der Waals surface area contributed by atoms with Gasteiger partial charge in [0.25, 0.3) is 0 Å². The van der Waals surface area contributed by atoms with Crippen LogP contribution in [0.2, 0.25) is 0 Å². The highest BCUT2D eigenvalue weighted by atomic mass is 16.6. The van der Waals surface area contributed by atoms with Crippen molar-refractivity contribution >= 4 is 17.0 Å². The lowest BCUT2D eigenvalue weighted by atomic mass is 9.89. The molecule has 0 bridgehead atoms. The average Bonchev–Trinajstić information content (AvgIpc) is 3.32. The Morgan fingerprint density at radius 2 is 1.90 bits per heavy atom. The number of nitrogens with one attached hydrogen (secondary N) is 1. The minimum Gasteiger partial charge on any atom is -0.444 e. The smallest absolute Gasteiger partial charge is 0.410 e. The van der Waals surface area contributed by atoms with Crippen molar-refractivity contribution in [3.8, 4) is 0 Å². The molecule has 2 aromatic rings. The fourth-order valence-electron chi connectivity index (χ4n) is 4.93. The fraction of sp³-hybridized carbons (Fsp3) is 0.625. The van der Waals surface area contributed by atoms with E-state index in [-0.39, 0.29) is 6.09 Å². The third-order valence-corrected chi connectivity index (χ3v) is 6.43. The van der Waals surface area contributed by atoms with E-state index in [4.69, 9.17) is 4.74 Å². The first-order chi connectivity index (χ1) is 13.9. The molecule has 0 spiro atoms. The van der Waals surface area contributed by atoms with Gasteiger partial charge in [-0.15, -0.1) is 0 Å². The zero-order chi connectivity index (χ0) is 20.4. The summed E-state index contributed by atoms with van der Waals surface area (Å²) in [6.07, 6.45) is 7.74. The quantitative estimate of drug-likeness (QED) is 0.777. The molecule has 4 rings (SSSR count). The number of nitrogens with zero attached hydrogens (tertiary/aromatic N) is 2. The zero-order valence-electron chi connectivity index (χ0n) is 18.1. The molecule has 1 aromatic heterocycles. The molecular formula is C24H35N3O2. The maximum absolute atomic E-state index is 12.5. The topological polar surface area (TPSA) is 48.6 Å². The number of ether oxygens (including phenoxy) is 1. The number of rotatable bonds is 4. The number of H-pyrrole nitrogens is 1. The van der Waals surface area contributed by atoms with E-state index < -0.39 is 5.60 Å². The van der Waals surface area contributed by atoms with Gasteiger partial charge in [-0.2, -0.15) is 0 Å². The molecule has 0 aliphatic carbocycles. The summed E-state index contributed by atoms with van der Waals surface area (Å²) >= 11 is 0. The normalized spacial score (nSPS) is 21.8. The predicted molar refractivity (Wildman–Crippen MR) is 117 cm³/mol. The van der Waals surface area contributed by atoms with Crippen molar-refractivity contribution in [1.82, 2.24) is 14.8 Å².